The molecule has 18 heavy (non-hydrogen) atoms. The van der Waals surface area contributed by atoms with Gasteiger partial charge in [-0.1, -0.05) is 32.4 Å². The first kappa shape index (κ1) is 16.0. The molecule has 1 rings (SSSR count). The van der Waals surface area contributed by atoms with Gasteiger partial charge in [-0.05, 0) is 44.5 Å². The second-order valence-electron chi connectivity index (χ2n) is 5.32. The molecule has 0 aliphatic heterocycles. The van der Waals surface area contributed by atoms with Gasteiger partial charge in [-0.2, -0.15) is 0 Å². The molecule has 4 heteroatoms. The van der Waals surface area contributed by atoms with Crippen LogP contribution in [0, 0.1) is 5.92 Å². The number of rotatable bonds is 7. The van der Waals surface area contributed by atoms with Gasteiger partial charge in [0, 0.05) is 10.9 Å². The van der Waals surface area contributed by atoms with Gasteiger partial charge >= 0.3 is 0 Å². The van der Waals surface area contributed by atoms with E-state index in [2.05, 4.69) is 38.8 Å². The van der Waals surface area contributed by atoms with Crippen LogP contribution in [-0.4, -0.2) is 24.5 Å². The predicted molar refractivity (Wildman–Crippen MR) is 82.4 cm³/mol. The Labute approximate surface area is 120 Å². The Kier molecular flexibility index (Phi) is 6.64. The van der Waals surface area contributed by atoms with Crippen molar-refractivity contribution in [1.82, 2.24) is 4.90 Å². The van der Waals surface area contributed by atoms with Gasteiger partial charge in [-0.3, -0.25) is 4.90 Å². The lowest BCUT2D eigenvalue weighted by Crippen LogP contribution is -2.39. The SMILES string of the molecule is CCC(N)C(c1ccc(Cl)s1)N(C)CCC(C)C. The molecule has 2 nitrogen and oxygen atoms in total. The first-order valence-electron chi connectivity index (χ1n) is 6.66. The van der Waals surface area contributed by atoms with E-state index in [1.54, 1.807) is 11.3 Å². The molecule has 2 N–H and O–H groups in total. The highest BCUT2D eigenvalue weighted by Crippen LogP contribution is 2.32. The molecule has 1 heterocycles. The van der Waals surface area contributed by atoms with Gasteiger partial charge < -0.3 is 5.73 Å². The smallest absolute Gasteiger partial charge is 0.0931 e. The summed E-state index contributed by atoms with van der Waals surface area (Å²) in [5.74, 6) is 0.720. The summed E-state index contributed by atoms with van der Waals surface area (Å²) in [5.41, 5.74) is 6.29. The largest absolute Gasteiger partial charge is 0.326 e. The third-order valence-electron chi connectivity index (χ3n) is 3.30. The third kappa shape index (κ3) is 4.54. The molecule has 0 saturated carbocycles. The minimum atomic E-state index is 0.164. The Hall–Kier alpha value is -0.0900. The second kappa shape index (κ2) is 7.49. The summed E-state index contributed by atoms with van der Waals surface area (Å²) < 4.78 is 0.843. The standard InChI is InChI=1S/C14H25ClN2S/c1-5-11(16)14(12-6-7-13(15)18-12)17(4)9-8-10(2)3/h6-7,10-11,14H,5,8-9,16H2,1-4H3. The molecule has 0 fully saturated rings. The van der Waals surface area contributed by atoms with Gasteiger partial charge in [-0.25, -0.2) is 0 Å². The van der Waals surface area contributed by atoms with Crippen molar-refractivity contribution >= 4 is 22.9 Å². The first-order valence-corrected chi connectivity index (χ1v) is 7.86. The monoisotopic (exact) mass is 288 g/mol. The number of nitrogens with two attached hydrogens (primary N) is 1. The van der Waals surface area contributed by atoms with Crippen molar-refractivity contribution < 1.29 is 0 Å². The van der Waals surface area contributed by atoms with E-state index in [0.29, 0.717) is 0 Å². The fourth-order valence-electron chi connectivity index (χ4n) is 2.07. The lowest BCUT2D eigenvalue weighted by atomic mass is 10.0. The van der Waals surface area contributed by atoms with Gasteiger partial charge in [0.15, 0.2) is 0 Å². The maximum Gasteiger partial charge on any atom is 0.0931 e. The second-order valence-corrected chi connectivity index (χ2v) is 7.07. The van der Waals surface area contributed by atoms with Gasteiger partial charge in [0.2, 0.25) is 0 Å². The summed E-state index contributed by atoms with van der Waals surface area (Å²) in [7, 11) is 2.16. The number of nitrogens with zero attached hydrogens (tertiary/aromatic N) is 1. The lowest BCUT2D eigenvalue weighted by Gasteiger charge is -2.32. The van der Waals surface area contributed by atoms with Crippen molar-refractivity contribution in [3.05, 3.63) is 21.3 Å². The zero-order chi connectivity index (χ0) is 13.7. The van der Waals surface area contributed by atoms with Crippen LogP contribution in [-0.2, 0) is 0 Å². The van der Waals surface area contributed by atoms with Crippen molar-refractivity contribution in [3.63, 3.8) is 0 Å². The molecule has 0 saturated heterocycles. The number of thiophene rings is 1. The zero-order valence-electron chi connectivity index (χ0n) is 11.8. The predicted octanol–water partition coefficient (Wildman–Crippen LogP) is 4.16. The van der Waals surface area contributed by atoms with Crippen molar-refractivity contribution in [1.29, 1.82) is 0 Å². The highest BCUT2D eigenvalue weighted by atomic mass is 35.5. The average molecular weight is 289 g/mol. The van der Waals surface area contributed by atoms with Crippen LogP contribution in [0.15, 0.2) is 12.1 Å². The van der Waals surface area contributed by atoms with E-state index in [1.165, 1.54) is 11.3 Å². The molecular weight excluding hydrogens is 264 g/mol. The van der Waals surface area contributed by atoms with Crippen molar-refractivity contribution in [3.8, 4) is 0 Å². The first-order chi connectivity index (χ1) is 8.45. The van der Waals surface area contributed by atoms with Crippen LogP contribution >= 0.6 is 22.9 Å². The molecule has 2 unspecified atom stereocenters. The molecule has 1 aromatic heterocycles. The van der Waals surface area contributed by atoms with E-state index in [1.807, 2.05) is 6.07 Å². The Morgan fingerprint density at radius 2 is 2.06 bits per heavy atom. The van der Waals surface area contributed by atoms with Crippen LogP contribution in [0.3, 0.4) is 0 Å². The van der Waals surface area contributed by atoms with E-state index < -0.39 is 0 Å². The fraction of sp³-hybridized carbons (Fsp3) is 0.714. The third-order valence-corrected chi connectivity index (χ3v) is 4.60. The van der Waals surface area contributed by atoms with Crippen molar-refractivity contribution in [2.45, 2.75) is 45.7 Å². The van der Waals surface area contributed by atoms with Crippen LogP contribution in [0.25, 0.3) is 0 Å². The summed E-state index contributed by atoms with van der Waals surface area (Å²) in [6.45, 7) is 7.73. The lowest BCUT2D eigenvalue weighted by molar-refractivity contribution is 0.202. The molecule has 0 aromatic carbocycles. The maximum absolute atomic E-state index is 6.29. The molecule has 104 valence electrons. The Balaban J connectivity index is 2.78. The van der Waals surface area contributed by atoms with Crippen LogP contribution < -0.4 is 5.73 Å². The molecule has 0 aliphatic carbocycles. The number of halogens is 1. The van der Waals surface area contributed by atoms with Crippen LogP contribution in [0.1, 0.15) is 44.5 Å². The highest BCUT2D eigenvalue weighted by Gasteiger charge is 2.24. The molecule has 1 aromatic rings. The Morgan fingerprint density at radius 1 is 1.39 bits per heavy atom. The van der Waals surface area contributed by atoms with Crippen molar-refractivity contribution in [2.75, 3.05) is 13.6 Å². The van der Waals surface area contributed by atoms with E-state index in [-0.39, 0.29) is 12.1 Å². The quantitative estimate of drug-likeness (QED) is 0.816. The molecule has 0 radical (unpaired) electrons. The number of hydrogen-bond donors (Lipinski definition) is 1. The summed E-state index contributed by atoms with van der Waals surface area (Å²) in [5, 5.41) is 0. The average Bonchev–Trinajstić information content (AvgIpc) is 2.73. The van der Waals surface area contributed by atoms with Gasteiger partial charge in [0.05, 0.1) is 10.4 Å². The van der Waals surface area contributed by atoms with Gasteiger partial charge in [-0.15, -0.1) is 11.3 Å². The Morgan fingerprint density at radius 3 is 2.50 bits per heavy atom. The summed E-state index contributed by atoms with van der Waals surface area (Å²) >= 11 is 7.69. The molecule has 0 bridgehead atoms. The summed E-state index contributed by atoms with van der Waals surface area (Å²) in [6, 6.07) is 4.52. The van der Waals surface area contributed by atoms with E-state index in [9.17, 15) is 0 Å². The minimum absolute atomic E-state index is 0.164. The summed E-state index contributed by atoms with van der Waals surface area (Å²) in [6.07, 6.45) is 2.18. The molecular formula is C14H25ClN2S. The van der Waals surface area contributed by atoms with Gasteiger partial charge in [0.1, 0.15) is 0 Å². The van der Waals surface area contributed by atoms with Crippen LogP contribution in [0.5, 0.6) is 0 Å². The fourth-order valence-corrected chi connectivity index (χ4v) is 3.37. The molecule has 2 atom stereocenters. The highest BCUT2D eigenvalue weighted by molar-refractivity contribution is 7.16. The molecule has 0 amide bonds. The minimum Gasteiger partial charge on any atom is -0.326 e. The number of likely N-dealkylation sites (N-methyl/N-ethyl adjacent to an activating group) is 1. The van der Waals surface area contributed by atoms with E-state index in [0.717, 1.165) is 23.2 Å². The van der Waals surface area contributed by atoms with Gasteiger partial charge in [0.25, 0.3) is 0 Å². The van der Waals surface area contributed by atoms with Crippen molar-refractivity contribution in [2.24, 2.45) is 11.7 Å². The number of hydrogen-bond acceptors (Lipinski definition) is 3. The molecule has 0 aliphatic rings. The van der Waals surface area contributed by atoms with E-state index in [4.69, 9.17) is 17.3 Å². The summed E-state index contributed by atoms with van der Waals surface area (Å²) in [4.78, 5) is 3.65. The zero-order valence-corrected chi connectivity index (χ0v) is 13.4. The van der Waals surface area contributed by atoms with Crippen LogP contribution in [0.4, 0.5) is 0 Å². The Bertz CT molecular complexity index is 351. The van der Waals surface area contributed by atoms with Crippen LogP contribution in [0.2, 0.25) is 4.34 Å². The maximum atomic E-state index is 6.29. The topological polar surface area (TPSA) is 29.3 Å². The van der Waals surface area contributed by atoms with E-state index >= 15 is 0 Å². The molecule has 0 spiro atoms. The normalized spacial score (nSPS) is 15.3.